The number of rotatable bonds is 7. The summed E-state index contributed by atoms with van der Waals surface area (Å²) in [7, 11) is 0. The summed E-state index contributed by atoms with van der Waals surface area (Å²) in [4.78, 5) is 27.2. The molecule has 1 aromatic carbocycles. The van der Waals surface area contributed by atoms with E-state index in [4.69, 9.17) is 22.3 Å². The van der Waals surface area contributed by atoms with Crippen LogP contribution in [0.25, 0.3) is 11.2 Å². The van der Waals surface area contributed by atoms with Crippen LogP contribution in [0, 0.1) is 0 Å². The first-order chi connectivity index (χ1) is 14.7. The number of piperidine rings is 1. The fraction of sp³-hybridized carbons (Fsp3) is 0.381. The van der Waals surface area contributed by atoms with Crippen molar-refractivity contribution in [3.8, 4) is 0 Å². The minimum atomic E-state index is -0.209. The number of aromatic amines is 1. The molecular weight excluding hydrogens is 402 g/mol. The number of hydrogen-bond donors (Lipinski definition) is 3. The number of hydrogen-bond acceptors (Lipinski definition) is 6. The van der Waals surface area contributed by atoms with Gasteiger partial charge in [-0.25, -0.2) is 4.98 Å². The summed E-state index contributed by atoms with van der Waals surface area (Å²) >= 11 is 5.75. The van der Waals surface area contributed by atoms with Crippen molar-refractivity contribution in [1.82, 2.24) is 24.8 Å². The summed E-state index contributed by atoms with van der Waals surface area (Å²) in [6.07, 6.45) is 3.77. The maximum atomic E-state index is 12.9. The monoisotopic (exact) mass is 427 g/mol. The molecule has 158 valence electrons. The zero-order valence-electron chi connectivity index (χ0n) is 16.7. The van der Waals surface area contributed by atoms with Crippen molar-refractivity contribution in [2.45, 2.75) is 38.5 Å². The van der Waals surface area contributed by atoms with Gasteiger partial charge >= 0.3 is 0 Å². The van der Waals surface area contributed by atoms with Gasteiger partial charge in [0.1, 0.15) is 5.82 Å². The molecule has 4 rings (SSSR count). The summed E-state index contributed by atoms with van der Waals surface area (Å²) in [5, 5.41) is 3.31. The fourth-order valence-electron chi connectivity index (χ4n) is 3.83. The van der Waals surface area contributed by atoms with Gasteiger partial charge in [0.05, 0.1) is 6.54 Å². The number of H-pyrrole nitrogens is 1. The van der Waals surface area contributed by atoms with Crippen molar-refractivity contribution in [1.29, 1.82) is 0 Å². The minimum Gasteiger partial charge on any atom is -0.341 e. The van der Waals surface area contributed by atoms with E-state index in [-0.39, 0.29) is 11.6 Å². The van der Waals surface area contributed by atoms with Crippen LogP contribution in [-0.4, -0.2) is 38.7 Å². The van der Waals surface area contributed by atoms with Gasteiger partial charge in [0.2, 0.25) is 5.95 Å². The van der Waals surface area contributed by atoms with Crippen LogP contribution in [0.4, 0.5) is 5.95 Å². The third-order valence-corrected chi connectivity index (χ3v) is 5.40. The van der Waals surface area contributed by atoms with Gasteiger partial charge in [0.15, 0.2) is 11.2 Å². The Morgan fingerprint density at radius 1 is 1.27 bits per heavy atom. The highest BCUT2D eigenvalue weighted by Gasteiger charge is 2.24. The molecule has 3 heterocycles. The zero-order chi connectivity index (χ0) is 20.9. The van der Waals surface area contributed by atoms with Crippen molar-refractivity contribution in [2.75, 3.05) is 18.0 Å². The van der Waals surface area contributed by atoms with Crippen molar-refractivity contribution in [2.24, 2.45) is 5.73 Å². The Morgan fingerprint density at radius 3 is 2.87 bits per heavy atom. The number of halogens is 1. The summed E-state index contributed by atoms with van der Waals surface area (Å²) in [5.41, 5.74) is 9.45. The number of nitrogens with one attached hydrogen (secondary N) is 2. The van der Waals surface area contributed by atoms with Gasteiger partial charge in [0.25, 0.3) is 5.56 Å². The fourth-order valence-corrected chi connectivity index (χ4v) is 3.91. The van der Waals surface area contributed by atoms with Crippen LogP contribution in [0.1, 0.15) is 24.2 Å². The maximum Gasteiger partial charge on any atom is 0.277 e. The Balaban J connectivity index is 1.62. The Labute approximate surface area is 179 Å². The summed E-state index contributed by atoms with van der Waals surface area (Å²) in [6, 6.07) is 10.2. The van der Waals surface area contributed by atoms with E-state index in [0.29, 0.717) is 49.1 Å². The van der Waals surface area contributed by atoms with E-state index in [9.17, 15) is 4.79 Å². The van der Waals surface area contributed by atoms with Crippen LogP contribution in [0.2, 0.25) is 0 Å². The van der Waals surface area contributed by atoms with Gasteiger partial charge in [-0.05, 0) is 18.4 Å². The standard InChI is InChI=1S/C21H26ClN7O/c22-9-5-11-29-18-19(27-21(29)28-10-4-8-16(23)14-28)25-17(26-20(18)30)13-24-12-15-6-2-1-3-7-15/h1-3,5-7,9,16,24H,4,8,10-14,23H2,(H,25,26,30). The van der Waals surface area contributed by atoms with Crippen LogP contribution >= 0.6 is 11.6 Å². The molecule has 1 atom stereocenters. The van der Waals surface area contributed by atoms with E-state index in [2.05, 4.69) is 20.2 Å². The number of nitrogens with two attached hydrogens (primary N) is 1. The number of nitrogens with zero attached hydrogens (tertiary/aromatic N) is 4. The molecule has 0 saturated carbocycles. The first kappa shape index (κ1) is 20.6. The maximum absolute atomic E-state index is 12.9. The minimum absolute atomic E-state index is 0.0968. The number of fused-ring (bicyclic) bond motifs is 1. The van der Waals surface area contributed by atoms with E-state index < -0.39 is 0 Å². The van der Waals surface area contributed by atoms with E-state index in [1.165, 1.54) is 11.1 Å². The van der Waals surface area contributed by atoms with Crippen LogP contribution in [0.3, 0.4) is 0 Å². The molecule has 3 aromatic rings. The molecule has 30 heavy (non-hydrogen) atoms. The van der Waals surface area contributed by atoms with Gasteiger partial charge in [-0.3, -0.25) is 4.79 Å². The molecule has 1 fully saturated rings. The van der Waals surface area contributed by atoms with Crippen LogP contribution < -0.4 is 21.5 Å². The largest absolute Gasteiger partial charge is 0.341 e. The molecular formula is C21H26ClN7O. The quantitative estimate of drug-likeness (QED) is 0.533. The highest BCUT2D eigenvalue weighted by molar-refractivity contribution is 6.25. The molecule has 0 aliphatic carbocycles. The van der Waals surface area contributed by atoms with Gasteiger partial charge < -0.3 is 25.5 Å². The van der Waals surface area contributed by atoms with E-state index in [1.54, 1.807) is 6.08 Å². The molecule has 0 bridgehead atoms. The van der Waals surface area contributed by atoms with Crippen molar-refractivity contribution < 1.29 is 0 Å². The van der Waals surface area contributed by atoms with Crippen molar-refractivity contribution >= 4 is 28.7 Å². The predicted octanol–water partition coefficient (Wildman–Crippen LogP) is 2.09. The Kier molecular flexibility index (Phi) is 6.47. The Bertz CT molecular complexity index is 1080. The van der Waals surface area contributed by atoms with Gasteiger partial charge in [-0.1, -0.05) is 48.0 Å². The third kappa shape index (κ3) is 4.56. The summed E-state index contributed by atoms with van der Waals surface area (Å²) in [6.45, 7) is 3.13. The lowest BCUT2D eigenvalue weighted by Gasteiger charge is -2.31. The third-order valence-electron chi connectivity index (χ3n) is 5.22. The predicted molar refractivity (Wildman–Crippen MR) is 120 cm³/mol. The van der Waals surface area contributed by atoms with Gasteiger partial charge in [-0.15, -0.1) is 0 Å². The first-order valence-electron chi connectivity index (χ1n) is 10.2. The molecule has 0 radical (unpaired) electrons. The second-order valence-electron chi connectivity index (χ2n) is 7.51. The average molecular weight is 428 g/mol. The molecule has 0 amide bonds. The average Bonchev–Trinajstić information content (AvgIpc) is 3.12. The molecule has 8 nitrogen and oxygen atoms in total. The summed E-state index contributed by atoms with van der Waals surface area (Å²) < 4.78 is 1.86. The van der Waals surface area contributed by atoms with E-state index in [1.807, 2.05) is 34.9 Å². The molecule has 2 aromatic heterocycles. The van der Waals surface area contributed by atoms with Crippen LogP contribution in [0.5, 0.6) is 0 Å². The lowest BCUT2D eigenvalue weighted by molar-refractivity contribution is 0.495. The Hall–Kier alpha value is -2.68. The number of anilines is 1. The molecule has 1 unspecified atom stereocenters. The Morgan fingerprint density at radius 2 is 2.10 bits per heavy atom. The normalized spacial score (nSPS) is 17.3. The number of benzene rings is 1. The zero-order valence-corrected chi connectivity index (χ0v) is 17.5. The lowest BCUT2D eigenvalue weighted by atomic mass is 10.1. The number of imidazole rings is 1. The first-order valence-corrected chi connectivity index (χ1v) is 10.6. The smallest absolute Gasteiger partial charge is 0.277 e. The molecule has 4 N–H and O–H groups in total. The molecule has 0 spiro atoms. The number of allylic oxidation sites excluding steroid dienone is 1. The highest BCUT2D eigenvalue weighted by Crippen LogP contribution is 2.22. The van der Waals surface area contributed by atoms with Gasteiger partial charge in [0, 0.05) is 37.8 Å². The van der Waals surface area contributed by atoms with E-state index >= 15 is 0 Å². The van der Waals surface area contributed by atoms with Crippen molar-refractivity contribution in [3.63, 3.8) is 0 Å². The lowest BCUT2D eigenvalue weighted by Crippen LogP contribution is -2.44. The second-order valence-corrected chi connectivity index (χ2v) is 7.76. The van der Waals surface area contributed by atoms with Gasteiger partial charge in [-0.2, -0.15) is 4.98 Å². The summed E-state index contributed by atoms with van der Waals surface area (Å²) in [5.74, 6) is 1.27. The topological polar surface area (TPSA) is 105 Å². The molecule has 1 aliphatic rings. The van der Waals surface area contributed by atoms with Crippen LogP contribution in [-0.2, 0) is 19.6 Å². The molecule has 1 aliphatic heterocycles. The highest BCUT2D eigenvalue weighted by atomic mass is 35.5. The number of aromatic nitrogens is 4. The molecule has 1 saturated heterocycles. The van der Waals surface area contributed by atoms with E-state index in [0.717, 1.165) is 19.4 Å². The van der Waals surface area contributed by atoms with Crippen molar-refractivity contribution in [3.05, 3.63) is 63.7 Å². The second kappa shape index (κ2) is 9.42. The van der Waals surface area contributed by atoms with Crippen LogP contribution in [0.15, 0.2) is 46.7 Å². The SMILES string of the molecule is NC1CCCN(c2nc3nc(CNCc4ccccc4)[nH]c(=O)c3n2CC=CCl)C1. The molecule has 9 heteroatoms.